The number of aryl methyl sites for hydroxylation is 1. The maximum Gasteiger partial charge on any atom is 0.208 e. The molecular weight excluding hydrogens is 186 g/mol. The molecule has 13 heavy (non-hydrogen) atoms. The van der Waals surface area contributed by atoms with Gasteiger partial charge in [0.05, 0.1) is 17.9 Å². The molecule has 0 aliphatic heterocycles. The van der Waals surface area contributed by atoms with Gasteiger partial charge in [-0.1, -0.05) is 0 Å². The summed E-state index contributed by atoms with van der Waals surface area (Å²) in [4.78, 5) is 15.4. The number of hydrogen-bond donors (Lipinski definition) is 0. The third kappa shape index (κ3) is 2.99. The Morgan fingerprint density at radius 1 is 1.77 bits per heavy atom. The molecule has 0 atom stereocenters. The summed E-state index contributed by atoms with van der Waals surface area (Å²) in [5.74, 6) is -0.113. The van der Waals surface area contributed by atoms with E-state index in [4.69, 9.17) is 4.74 Å². The summed E-state index contributed by atoms with van der Waals surface area (Å²) in [6.07, 6.45) is 2.79. The molecule has 1 aromatic rings. The Balaban J connectivity index is 2.58. The van der Waals surface area contributed by atoms with E-state index in [1.165, 1.54) is 23.7 Å². The van der Waals surface area contributed by atoms with Crippen molar-refractivity contribution in [2.75, 3.05) is 6.61 Å². The number of ketones is 1. The number of hydrogen-bond acceptors (Lipinski definition) is 4. The van der Waals surface area contributed by atoms with Gasteiger partial charge in [0.15, 0.2) is 0 Å². The number of carbonyl (C=O) groups excluding carboxylic acids is 1. The topological polar surface area (TPSA) is 39.2 Å². The minimum Gasteiger partial charge on any atom is -0.501 e. The Bertz CT molecular complexity index is 317. The molecule has 1 heterocycles. The number of allylic oxidation sites excluding steroid dienone is 1. The zero-order valence-electron chi connectivity index (χ0n) is 7.61. The van der Waals surface area contributed by atoms with Crippen LogP contribution >= 0.6 is 11.3 Å². The van der Waals surface area contributed by atoms with Crippen LogP contribution in [0, 0.1) is 6.92 Å². The molecular formula is C9H11NO2S. The summed E-state index contributed by atoms with van der Waals surface area (Å²) >= 11 is 1.47. The lowest BCUT2D eigenvalue weighted by Gasteiger charge is -1.90. The van der Waals surface area contributed by atoms with Crippen LogP contribution in [0.4, 0.5) is 0 Å². The Morgan fingerprint density at radius 2 is 2.54 bits per heavy atom. The molecule has 0 radical (unpaired) electrons. The van der Waals surface area contributed by atoms with Crippen molar-refractivity contribution in [1.82, 2.24) is 4.98 Å². The van der Waals surface area contributed by atoms with Crippen LogP contribution in [0.1, 0.15) is 22.4 Å². The van der Waals surface area contributed by atoms with E-state index in [1.807, 2.05) is 13.8 Å². The van der Waals surface area contributed by atoms with Gasteiger partial charge in [-0.2, -0.15) is 0 Å². The number of aromatic nitrogens is 1. The average Bonchev–Trinajstić information content (AvgIpc) is 2.52. The van der Waals surface area contributed by atoms with Crippen molar-refractivity contribution in [1.29, 1.82) is 0 Å². The van der Waals surface area contributed by atoms with Crippen LogP contribution in [0.2, 0.25) is 0 Å². The molecule has 0 aromatic carbocycles. The van der Waals surface area contributed by atoms with Crippen molar-refractivity contribution in [3.05, 3.63) is 28.4 Å². The van der Waals surface area contributed by atoms with Crippen molar-refractivity contribution in [3.8, 4) is 0 Å². The molecule has 0 bridgehead atoms. The first-order valence-corrected chi connectivity index (χ1v) is 4.86. The third-order valence-corrected chi connectivity index (χ3v) is 2.13. The third-order valence-electron chi connectivity index (χ3n) is 1.35. The SMILES string of the molecule is CCO/C=C/C(=O)c1csc(C)n1. The zero-order chi connectivity index (χ0) is 9.68. The first-order chi connectivity index (χ1) is 6.24. The van der Waals surface area contributed by atoms with Crippen LogP contribution in [0.5, 0.6) is 0 Å². The molecule has 0 unspecified atom stereocenters. The second kappa shape index (κ2) is 4.77. The maximum atomic E-state index is 11.3. The highest BCUT2D eigenvalue weighted by Gasteiger charge is 2.04. The lowest BCUT2D eigenvalue weighted by atomic mass is 10.3. The monoisotopic (exact) mass is 197 g/mol. The van der Waals surface area contributed by atoms with Crippen molar-refractivity contribution in [2.45, 2.75) is 13.8 Å². The highest BCUT2D eigenvalue weighted by molar-refractivity contribution is 7.09. The van der Waals surface area contributed by atoms with Crippen LogP contribution in [-0.4, -0.2) is 17.4 Å². The molecule has 1 rings (SSSR count). The molecule has 0 aliphatic carbocycles. The fourth-order valence-corrected chi connectivity index (χ4v) is 1.37. The summed E-state index contributed by atoms with van der Waals surface area (Å²) < 4.78 is 4.91. The van der Waals surface area contributed by atoms with Crippen LogP contribution in [0.25, 0.3) is 0 Å². The van der Waals surface area contributed by atoms with Crippen molar-refractivity contribution < 1.29 is 9.53 Å². The first kappa shape index (κ1) is 9.92. The minimum absolute atomic E-state index is 0.113. The largest absolute Gasteiger partial charge is 0.501 e. The second-order valence-electron chi connectivity index (χ2n) is 2.37. The standard InChI is InChI=1S/C9H11NO2S/c1-3-12-5-4-9(11)8-6-13-7(2)10-8/h4-6H,3H2,1-2H3/b5-4+. The number of carbonyl (C=O) groups is 1. The molecule has 0 aliphatic rings. The summed E-state index contributed by atoms with van der Waals surface area (Å²) in [6, 6.07) is 0. The van der Waals surface area contributed by atoms with E-state index >= 15 is 0 Å². The number of ether oxygens (including phenoxy) is 1. The molecule has 1 aromatic heterocycles. The summed E-state index contributed by atoms with van der Waals surface area (Å²) in [5, 5.41) is 2.64. The minimum atomic E-state index is -0.113. The first-order valence-electron chi connectivity index (χ1n) is 3.98. The Morgan fingerprint density at radius 3 is 3.08 bits per heavy atom. The second-order valence-corrected chi connectivity index (χ2v) is 3.44. The molecule has 0 amide bonds. The fraction of sp³-hybridized carbons (Fsp3) is 0.333. The van der Waals surface area contributed by atoms with Gasteiger partial charge in [0.2, 0.25) is 5.78 Å². The molecule has 0 N–H and O–H groups in total. The van der Waals surface area contributed by atoms with Gasteiger partial charge in [0.25, 0.3) is 0 Å². The average molecular weight is 197 g/mol. The van der Waals surface area contributed by atoms with Gasteiger partial charge in [-0.25, -0.2) is 4.98 Å². The van der Waals surface area contributed by atoms with Crippen LogP contribution in [0.15, 0.2) is 17.7 Å². The van der Waals surface area contributed by atoms with Gasteiger partial charge in [-0.15, -0.1) is 11.3 Å². The van der Waals surface area contributed by atoms with Gasteiger partial charge in [0, 0.05) is 11.5 Å². The molecule has 4 heteroatoms. The summed E-state index contributed by atoms with van der Waals surface area (Å²) in [6.45, 7) is 4.30. The number of rotatable bonds is 4. The normalized spacial score (nSPS) is 10.6. The van der Waals surface area contributed by atoms with Crippen LogP contribution in [0.3, 0.4) is 0 Å². The maximum absolute atomic E-state index is 11.3. The van der Waals surface area contributed by atoms with Gasteiger partial charge < -0.3 is 4.74 Å². The molecule has 0 saturated heterocycles. The van der Waals surface area contributed by atoms with E-state index in [9.17, 15) is 4.79 Å². The molecule has 0 spiro atoms. The predicted molar refractivity (Wildman–Crippen MR) is 51.9 cm³/mol. The van der Waals surface area contributed by atoms with Crippen LogP contribution < -0.4 is 0 Å². The van der Waals surface area contributed by atoms with E-state index in [2.05, 4.69) is 4.98 Å². The Hall–Kier alpha value is -1.16. The lowest BCUT2D eigenvalue weighted by molar-refractivity contribution is 0.103. The van der Waals surface area contributed by atoms with E-state index in [0.29, 0.717) is 12.3 Å². The smallest absolute Gasteiger partial charge is 0.208 e. The van der Waals surface area contributed by atoms with Gasteiger partial charge in [-0.05, 0) is 13.8 Å². The number of nitrogens with zero attached hydrogens (tertiary/aromatic N) is 1. The van der Waals surface area contributed by atoms with Crippen LogP contribution in [-0.2, 0) is 4.74 Å². The Labute approximate surface area is 81.1 Å². The predicted octanol–water partition coefficient (Wildman–Crippen LogP) is 2.18. The lowest BCUT2D eigenvalue weighted by Crippen LogP contribution is -1.94. The highest BCUT2D eigenvalue weighted by Crippen LogP contribution is 2.08. The van der Waals surface area contributed by atoms with E-state index in [0.717, 1.165) is 5.01 Å². The van der Waals surface area contributed by atoms with Gasteiger partial charge >= 0.3 is 0 Å². The van der Waals surface area contributed by atoms with Crippen molar-refractivity contribution >= 4 is 17.1 Å². The highest BCUT2D eigenvalue weighted by atomic mass is 32.1. The quantitative estimate of drug-likeness (QED) is 0.422. The molecule has 0 saturated carbocycles. The zero-order valence-corrected chi connectivity index (χ0v) is 8.43. The van der Waals surface area contributed by atoms with E-state index in [-0.39, 0.29) is 5.78 Å². The fourth-order valence-electron chi connectivity index (χ4n) is 0.768. The molecule has 0 fully saturated rings. The van der Waals surface area contributed by atoms with Gasteiger partial charge in [0.1, 0.15) is 5.69 Å². The van der Waals surface area contributed by atoms with Gasteiger partial charge in [-0.3, -0.25) is 4.79 Å². The van der Waals surface area contributed by atoms with E-state index in [1.54, 1.807) is 5.38 Å². The molecule has 70 valence electrons. The van der Waals surface area contributed by atoms with Crippen molar-refractivity contribution in [2.24, 2.45) is 0 Å². The summed E-state index contributed by atoms with van der Waals surface area (Å²) in [5.41, 5.74) is 0.485. The van der Waals surface area contributed by atoms with Crippen molar-refractivity contribution in [3.63, 3.8) is 0 Å². The van der Waals surface area contributed by atoms with E-state index < -0.39 is 0 Å². The number of thiazole rings is 1. The summed E-state index contributed by atoms with van der Waals surface area (Å²) in [7, 11) is 0. The Kier molecular flexibility index (Phi) is 3.64. The molecule has 3 nitrogen and oxygen atoms in total.